The predicted octanol–water partition coefficient (Wildman–Crippen LogP) is 4.98. The average Bonchev–Trinajstić information content (AvgIpc) is 3.45. The van der Waals surface area contributed by atoms with Crippen LogP contribution in [0.3, 0.4) is 0 Å². The molecule has 1 N–H and O–H groups in total. The summed E-state index contributed by atoms with van der Waals surface area (Å²) in [4.78, 5) is 23.5. The fraction of sp³-hybridized carbons (Fsp3) is 0.323. The molecule has 0 spiro atoms. The number of nitrogens with one attached hydrogen (secondary N) is 1. The molecule has 2 aliphatic heterocycles. The number of hydrogen-bond donors (Lipinski definition) is 1. The number of fused-ring (bicyclic) bond motifs is 1. The first-order valence-electron chi connectivity index (χ1n) is 14.0. The number of halogens is 3. The zero-order valence-electron chi connectivity index (χ0n) is 23.2. The summed E-state index contributed by atoms with van der Waals surface area (Å²) in [6, 6.07) is 18.1. The van der Waals surface area contributed by atoms with E-state index in [1.807, 2.05) is 28.0 Å². The summed E-state index contributed by atoms with van der Waals surface area (Å²) in [6.07, 6.45) is -4.36. The highest BCUT2D eigenvalue weighted by Gasteiger charge is 2.30. The van der Waals surface area contributed by atoms with Crippen LogP contribution in [-0.4, -0.2) is 74.8 Å². The van der Waals surface area contributed by atoms with Crippen LogP contribution in [0.5, 0.6) is 0 Å². The predicted molar refractivity (Wildman–Crippen MR) is 156 cm³/mol. The molecule has 3 heterocycles. The summed E-state index contributed by atoms with van der Waals surface area (Å²) < 4.78 is 50.2. The van der Waals surface area contributed by atoms with Crippen molar-refractivity contribution in [2.24, 2.45) is 0 Å². The Balaban J connectivity index is 1.05. The molecule has 1 amide bonds. The number of ether oxygens (including phenoxy) is 1. The number of morpholine rings is 1. The van der Waals surface area contributed by atoms with Crippen molar-refractivity contribution < 1.29 is 27.1 Å². The summed E-state index contributed by atoms with van der Waals surface area (Å²) in [7, 11) is 0. The largest absolute Gasteiger partial charge is 0.434 e. The molecule has 0 bridgehead atoms. The van der Waals surface area contributed by atoms with Crippen molar-refractivity contribution in [1.29, 1.82) is 5.26 Å². The maximum atomic E-state index is 12.8. The van der Waals surface area contributed by atoms with Crippen molar-refractivity contribution in [1.82, 2.24) is 9.88 Å². The maximum absolute atomic E-state index is 12.8. The number of hydrogen-bond acceptors (Lipinski definition) is 8. The van der Waals surface area contributed by atoms with Crippen molar-refractivity contribution in [3.05, 3.63) is 71.8 Å². The summed E-state index contributed by atoms with van der Waals surface area (Å²) in [5.41, 5.74) is 3.99. The van der Waals surface area contributed by atoms with Gasteiger partial charge in [-0.1, -0.05) is 0 Å². The zero-order valence-corrected chi connectivity index (χ0v) is 23.2. The standard InChI is InChI=1S/C31H29F3N6O3/c32-31(33,34)23-3-7-25(8-4-23)39-11-9-38(10-12-39)20-28(41)36-24-5-1-22(2-6-24)30-37-26-17-21(19-35)18-27(29(26)43-30)40-13-15-42-16-14-40/h1-8,17-18H,9-16,20H2,(H,36,41). The quantitative estimate of drug-likeness (QED) is 0.336. The molecule has 222 valence electrons. The molecule has 3 aromatic carbocycles. The summed E-state index contributed by atoms with van der Waals surface area (Å²) >= 11 is 0. The summed E-state index contributed by atoms with van der Waals surface area (Å²) in [6.45, 7) is 5.26. The number of piperazine rings is 1. The number of nitrogens with zero attached hydrogens (tertiary/aromatic N) is 5. The summed E-state index contributed by atoms with van der Waals surface area (Å²) in [5, 5.41) is 12.4. The molecule has 12 heteroatoms. The van der Waals surface area contributed by atoms with Crippen molar-refractivity contribution in [2.45, 2.75) is 6.18 Å². The monoisotopic (exact) mass is 590 g/mol. The van der Waals surface area contributed by atoms with Gasteiger partial charge in [-0.25, -0.2) is 4.98 Å². The highest BCUT2D eigenvalue weighted by Crippen LogP contribution is 2.34. The third kappa shape index (κ3) is 6.43. The molecule has 0 atom stereocenters. The number of carbonyl (C=O) groups is 1. The first-order chi connectivity index (χ1) is 20.8. The molecule has 2 fully saturated rings. The molecule has 0 saturated carbocycles. The van der Waals surface area contributed by atoms with Gasteiger partial charge in [-0.15, -0.1) is 0 Å². The molecule has 0 aliphatic carbocycles. The van der Waals surface area contributed by atoms with Gasteiger partial charge in [0.2, 0.25) is 11.8 Å². The molecule has 43 heavy (non-hydrogen) atoms. The molecular formula is C31H29F3N6O3. The van der Waals surface area contributed by atoms with Gasteiger partial charge in [0.15, 0.2) is 5.58 Å². The Morgan fingerprint density at radius 3 is 2.28 bits per heavy atom. The number of aromatic nitrogens is 1. The lowest BCUT2D eigenvalue weighted by Gasteiger charge is -2.35. The fourth-order valence-corrected chi connectivity index (χ4v) is 5.37. The van der Waals surface area contributed by atoms with Crippen LogP contribution in [0.4, 0.5) is 30.2 Å². The Morgan fingerprint density at radius 2 is 1.63 bits per heavy atom. The minimum absolute atomic E-state index is 0.156. The average molecular weight is 591 g/mol. The molecule has 1 aromatic heterocycles. The minimum atomic E-state index is -4.36. The van der Waals surface area contributed by atoms with Crippen LogP contribution in [-0.2, 0) is 15.7 Å². The van der Waals surface area contributed by atoms with E-state index in [2.05, 4.69) is 21.3 Å². The number of alkyl halides is 3. The lowest BCUT2D eigenvalue weighted by molar-refractivity contribution is -0.137. The van der Waals surface area contributed by atoms with E-state index >= 15 is 0 Å². The molecule has 2 saturated heterocycles. The Hall–Kier alpha value is -4.60. The third-order valence-electron chi connectivity index (χ3n) is 7.67. The Bertz CT molecular complexity index is 1630. The van der Waals surface area contributed by atoms with Crippen molar-refractivity contribution in [3.63, 3.8) is 0 Å². The number of anilines is 3. The van der Waals surface area contributed by atoms with E-state index in [9.17, 15) is 23.2 Å². The first kappa shape index (κ1) is 28.5. The van der Waals surface area contributed by atoms with Gasteiger partial charge < -0.3 is 24.3 Å². The van der Waals surface area contributed by atoms with Gasteiger partial charge in [0, 0.05) is 56.2 Å². The smallest absolute Gasteiger partial charge is 0.416 e. The van der Waals surface area contributed by atoms with Gasteiger partial charge in [0.1, 0.15) is 5.52 Å². The second-order valence-electron chi connectivity index (χ2n) is 10.5. The van der Waals surface area contributed by atoms with Crippen molar-refractivity contribution in [2.75, 3.05) is 74.1 Å². The number of rotatable bonds is 6. The highest BCUT2D eigenvalue weighted by atomic mass is 19.4. The number of oxazole rings is 1. The normalized spacial score (nSPS) is 16.3. The van der Waals surface area contributed by atoms with Gasteiger partial charge in [-0.05, 0) is 60.7 Å². The van der Waals surface area contributed by atoms with Gasteiger partial charge in [-0.3, -0.25) is 9.69 Å². The van der Waals surface area contributed by atoms with Crippen LogP contribution in [0, 0.1) is 11.3 Å². The fourth-order valence-electron chi connectivity index (χ4n) is 5.37. The van der Waals surface area contributed by atoms with Gasteiger partial charge in [0.05, 0.1) is 42.6 Å². The lowest BCUT2D eigenvalue weighted by atomic mass is 10.1. The van der Waals surface area contributed by atoms with Crippen LogP contribution >= 0.6 is 0 Å². The minimum Gasteiger partial charge on any atom is -0.434 e. The van der Waals surface area contributed by atoms with E-state index < -0.39 is 11.7 Å². The molecule has 0 unspecified atom stereocenters. The number of benzene rings is 3. The van der Waals surface area contributed by atoms with E-state index in [1.54, 1.807) is 18.2 Å². The molecule has 9 nitrogen and oxygen atoms in total. The molecule has 0 radical (unpaired) electrons. The topological polar surface area (TPSA) is 97.9 Å². The van der Waals surface area contributed by atoms with E-state index in [-0.39, 0.29) is 12.5 Å². The number of carbonyl (C=O) groups excluding carboxylic acids is 1. The van der Waals surface area contributed by atoms with E-state index in [4.69, 9.17) is 9.15 Å². The maximum Gasteiger partial charge on any atom is 0.416 e. The second-order valence-corrected chi connectivity index (χ2v) is 10.5. The Labute approximate surface area is 246 Å². The SMILES string of the molecule is N#Cc1cc(N2CCOCC2)c2oc(-c3ccc(NC(=O)CN4CCN(c5ccc(C(F)(F)F)cc5)CC4)cc3)nc2c1. The third-order valence-corrected chi connectivity index (χ3v) is 7.67. The summed E-state index contributed by atoms with van der Waals surface area (Å²) in [5.74, 6) is 0.264. The Kier molecular flexibility index (Phi) is 7.92. The number of nitriles is 1. The second kappa shape index (κ2) is 11.9. The van der Waals surface area contributed by atoms with Crippen molar-refractivity contribution in [3.8, 4) is 17.5 Å². The Morgan fingerprint density at radius 1 is 0.930 bits per heavy atom. The zero-order chi connectivity index (χ0) is 30.0. The van der Waals surface area contributed by atoms with Crippen LogP contribution in [0.15, 0.2) is 65.1 Å². The van der Waals surface area contributed by atoms with E-state index in [0.29, 0.717) is 80.7 Å². The van der Waals surface area contributed by atoms with Crippen LogP contribution in [0.2, 0.25) is 0 Å². The lowest BCUT2D eigenvalue weighted by Crippen LogP contribution is -2.48. The van der Waals surface area contributed by atoms with Crippen LogP contribution < -0.4 is 15.1 Å². The van der Waals surface area contributed by atoms with Crippen LogP contribution in [0.25, 0.3) is 22.6 Å². The molecule has 6 rings (SSSR count). The number of amides is 1. The van der Waals surface area contributed by atoms with E-state index in [0.717, 1.165) is 29.1 Å². The van der Waals surface area contributed by atoms with E-state index in [1.165, 1.54) is 12.1 Å². The first-order valence-corrected chi connectivity index (χ1v) is 14.0. The van der Waals surface area contributed by atoms with Crippen LogP contribution in [0.1, 0.15) is 11.1 Å². The highest BCUT2D eigenvalue weighted by molar-refractivity contribution is 5.93. The van der Waals surface area contributed by atoms with Crippen molar-refractivity contribution >= 4 is 34.1 Å². The van der Waals surface area contributed by atoms with Gasteiger partial charge in [-0.2, -0.15) is 18.4 Å². The molecular weight excluding hydrogens is 561 g/mol. The molecule has 4 aromatic rings. The van der Waals surface area contributed by atoms with Gasteiger partial charge >= 0.3 is 6.18 Å². The molecule has 2 aliphatic rings. The van der Waals surface area contributed by atoms with Gasteiger partial charge in [0.25, 0.3) is 0 Å².